The van der Waals surface area contributed by atoms with Gasteiger partial charge in [-0.15, -0.1) is 0 Å². The second kappa shape index (κ2) is 7.38. The minimum atomic E-state index is -4.01. The summed E-state index contributed by atoms with van der Waals surface area (Å²) in [5, 5.41) is 14.6. The number of anilines is 1. The maximum absolute atomic E-state index is 13.8. The largest absolute Gasteiger partial charge is 0.374 e. The summed E-state index contributed by atoms with van der Waals surface area (Å²) in [4.78, 5) is 0.119. The molecule has 0 aromatic heterocycles. The number of fused-ring (bicyclic) bond motifs is 1. The van der Waals surface area contributed by atoms with Crippen molar-refractivity contribution in [1.82, 2.24) is 0 Å². The Balaban J connectivity index is 1.96. The van der Waals surface area contributed by atoms with Crippen LogP contribution in [0.5, 0.6) is 0 Å². The summed E-state index contributed by atoms with van der Waals surface area (Å²) in [6, 6.07) is 21.8. The van der Waals surface area contributed by atoms with E-state index < -0.39 is 20.6 Å². The molecule has 1 aliphatic rings. The fraction of sp³-hybridized carbons (Fsp3) is 0.136. The molecule has 0 saturated heterocycles. The second-order valence-electron chi connectivity index (χ2n) is 6.94. The average molecular weight is 443 g/mol. The normalized spacial score (nSPS) is 22.2. The lowest BCUT2D eigenvalue weighted by atomic mass is 9.87. The van der Waals surface area contributed by atoms with Gasteiger partial charge in [-0.05, 0) is 47.5 Å². The topological polar surface area (TPSA) is 70.0 Å². The van der Waals surface area contributed by atoms with Crippen molar-refractivity contribution in [2.24, 2.45) is 0 Å². The number of hydrogen-bond donors (Lipinski definition) is 1. The Morgan fingerprint density at radius 3 is 2.38 bits per heavy atom. The maximum Gasteiger partial charge on any atom is 0.202 e. The molecule has 3 aromatic rings. The van der Waals surface area contributed by atoms with Crippen LogP contribution < -0.4 is 5.32 Å². The first-order chi connectivity index (χ1) is 13.9. The van der Waals surface area contributed by atoms with Crippen LogP contribution >= 0.6 is 23.2 Å². The van der Waals surface area contributed by atoms with Crippen molar-refractivity contribution in [3.63, 3.8) is 0 Å². The molecule has 1 N–H and O–H groups in total. The third kappa shape index (κ3) is 3.28. The van der Waals surface area contributed by atoms with Crippen LogP contribution in [0.25, 0.3) is 0 Å². The number of benzene rings is 3. The van der Waals surface area contributed by atoms with E-state index in [-0.39, 0.29) is 11.3 Å². The molecule has 2 unspecified atom stereocenters. The average Bonchev–Trinajstić information content (AvgIpc) is 2.71. The van der Waals surface area contributed by atoms with Crippen LogP contribution in [0.2, 0.25) is 10.0 Å². The summed E-state index contributed by atoms with van der Waals surface area (Å²) in [6.45, 7) is 0. The lowest BCUT2D eigenvalue weighted by Gasteiger charge is -2.40. The molecule has 1 aliphatic heterocycles. The predicted molar refractivity (Wildman–Crippen MR) is 115 cm³/mol. The van der Waals surface area contributed by atoms with Crippen molar-refractivity contribution in [3.8, 4) is 6.07 Å². The van der Waals surface area contributed by atoms with Crippen molar-refractivity contribution in [2.75, 3.05) is 5.32 Å². The lowest BCUT2D eigenvalue weighted by Crippen LogP contribution is -2.51. The summed E-state index contributed by atoms with van der Waals surface area (Å²) in [7, 11) is -4.01. The standard InChI is InChI=1S/C22H16Cl2N2O2S/c23-17-10-8-16(9-11-17)21-22(14-25,13-15-4-3-5-18(24)12-15)29(27,28)20-7-2-1-6-19(20)26-21/h1-12,21,26H,13H2. The third-order valence-corrected chi connectivity index (χ3v) is 8.02. The van der Waals surface area contributed by atoms with Crippen LogP contribution in [0.3, 0.4) is 0 Å². The van der Waals surface area contributed by atoms with Gasteiger partial charge in [0.1, 0.15) is 0 Å². The molecule has 0 spiro atoms. The van der Waals surface area contributed by atoms with Gasteiger partial charge in [-0.3, -0.25) is 0 Å². The fourth-order valence-electron chi connectivity index (χ4n) is 3.76. The second-order valence-corrected chi connectivity index (χ2v) is 9.98. The number of nitrogens with zero attached hydrogens (tertiary/aromatic N) is 1. The Morgan fingerprint density at radius 1 is 0.966 bits per heavy atom. The third-order valence-electron chi connectivity index (χ3n) is 5.17. The van der Waals surface area contributed by atoms with E-state index in [0.717, 1.165) is 0 Å². The highest BCUT2D eigenvalue weighted by Gasteiger charge is 2.56. The molecule has 0 radical (unpaired) electrons. The Morgan fingerprint density at radius 2 is 1.69 bits per heavy atom. The minimum absolute atomic E-state index is 0.0129. The monoisotopic (exact) mass is 442 g/mol. The SMILES string of the molecule is N#CC1(Cc2cccc(Cl)c2)C(c2ccc(Cl)cc2)Nc2ccccc2S1(=O)=O. The van der Waals surface area contributed by atoms with Gasteiger partial charge in [-0.2, -0.15) is 5.26 Å². The molecular formula is C22H16Cl2N2O2S. The highest BCUT2D eigenvalue weighted by Crippen LogP contribution is 2.47. The van der Waals surface area contributed by atoms with Crippen LogP contribution in [0.15, 0.2) is 77.7 Å². The van der Waals surface area contributed by atoms with Crippen LogP contribution in [-0.4, -0.2) is 13.2 Å². The predicted octanol–water partition coefficient (Wildman–Crippen LogP) is 5.44. The Kier molecular flexibility index (Phi) is 5.04. The molecule has 146 valence electrons. The quantitative estimate of drug-likeness (QED) is 0.585. The summed E-state index contributed by atoms with van der Waals surface area (Å²) in [5.74, 6) is 0. The number of hydrogen-bond acceptors (Lipinski definition) is 4. The van der Waals surface area contributed by atoms with Gasteiger partial charge in [0.2, 0.25) is 9.84 Å². The fourth-order valence-corrected chi connectivity index (χ4v) is 6.15. The van der Waals surface area contributed by atoms with Crippen molar-refractivity contribution in [3.05, 3.63) is 94.0 Å². The van der Waals surface area contributed by atoms with Crippen molar-refractivity contribution < 1.29 is 8.42 Å². The van der Waals surface area contributed by atoms with Crippen molar-refractivity contribution in [1.29, 1.82) is 5.26 Å². The number of sulfone groups is 1. The zero-order chi connectivity index (χ0) is 20.6. The summed E-state index contributed by atoms with van der Waals surface area (Å²) in [5.41, 5.74) is 1.81. The van der Waals surface area contributed by atoms with E-state index in [0.29, 0.717) is 26.9 Å². The Labute approximate surface area is 179 Å². The van der Waals surface area contributed by atoms with Crippen molar-refractivity contribution >= 4 is 38.7 Å². The van der Waals surface area contributed by atoms with Gasteiger partial charge in [-0.25, -0.2) is 8.42 Å². The van der Waals surface area contributed by atoms with Crippen LogP contribution in [-0.2, 0) is 16.3 Å². The van der Waals surface area contributed by atoms with Gasteiger partial charge < -0.3 is 5.32 Å². The Hall–Kier alpha value is -2.52. The molecule has 0 saturated carbocycles. The summed E-state index contributed by atoms with van der Waals surface area (Å²) >= 11 is 12.1. The highest BCUT2D eigenvalue weighted by atomic mass is 35.5. The first-order valence-corrected chi connectivity index (χ1v) is 11.1. The van der Waals surface area contributed by atoms with E-state index in [4.69, 9.17) is 23.2 Å². The van der Waals surface area contributed by atoms with Gasteiger partial charge in [0.05, 0.1) is 22.7 Å². The number of nitriles is 1. The minimum Gasteiger partial charge on any atom is -0.374 e. The molecular weight excluding hydrogens is 427 g/mol. The van der Waals surface area contributed by atoms with E-state index in [2.05, 4.69) is 11.4 Å². The van der Waals surface area contributed by atoms with E-state index in [9.17, 15) is 13.7 Å². The molecule has 3 aromatic carbocycles. The first kappa shape index (κ1) is 19.8. The number of halogens is 2. The van der Waals surface area contributed by atoms with Gasteiger partial charge >= 0.3 is 0 Å². The molecule has 1 heterocycles. The molecule has 7 heteroatoms. The number of nitrogens with one attached hydrogen (secondary N) is 1. The van der Waals surface area contributed by atoms with Gasteiger partial charge in [-0.1, -0.05) is 59.6 Å². The number of para-hydroxylation sites is 1. The smallest absolute Gasteiger partial charge is 0.202 e. The molecule has 2 atom stereocenters. The lowest BCUT2D eigenvalue weighted by molar-refractivity contribution is 0.509. The maximum atomic E-state index is 13.8. The zero-order valence-corrected chi connectivity index (χ0v) is 17.5. The molecule has 4 nitrogen and oxygen atoms in total. The number of rotatable bonds is 3. The highest BCUT2D eigenvalue weighted by molar-refractivity contribution is 7.93. The van der Waals surface area contributed by atoms with Crippen LogP contribution in [0.1, 0.15) is 17.2 Å². The van der Waals surface area contributed by atoms with Crippen LogP contribution in [0.4, 0.5) is 5.69 Å². The molecule has 0 amide bonds. The molecule has 0 aliphatic carbocycles. The Bertz CT molecular complexity index is 1220. The summed E-state index contributed by atoms with van der Waals surface area (Å²) in [6.07, 6.45) is -0.0129. The molecule has 0 bridgehead atoms. The first-order valence-electron chi connectivity index (χ1n) is 8.89. The van der Waals surface area contributed by atoms with E-state index in [1.165, 1.54) is 6.07 Å². The van der Waals surface area contributed by atoms with E-state index in [1.807, 2.05) is 0 Å². The molecule has 29 heavy (non-hydrogen) atoms. The summed E-state index contributed by atoms with van der Waals surface area (Å²) < 4.78 is 25.8. The molecule has 4 rings (SSSR count). The van der Waals surface area contributed by atoms with Gasteiger partial charge in [0.15, 0.2) is 4.75 Å². The van der Waals surface area contributed by atoms with Crippen molar-refractivity contribution in [2.45, 2.75) is 22.1 Å². The van der Waals surface area contributed by atoms with E-state index in [1.54, 1.807) is 66.7 Å². The van der Waals surface area contributed by atoms with Gasteiger partial charge in [0.25, 0.3) is 0 Å². The van der Waals surface area contributed by atoms with Crippen LogP contribution in [0, 0.1) is 11.3 Å². The zero-order valence-electron chi connectivity index (χ0n) is 15.1. The van der Waals surface area contributed by atoms with E-state index >= 15 is 0 Å². The molecule has 0 fully saturated rings. The van der Waals surface area contributed by atoms with Gasteiger partial charge in [0, 0.05) is 16.5 Å².